The Morgan fingerprint density at radius 3 is 2.74 bits per heavy atom. The summed E-state index contributed by atoms with van der Waals surface area (Å²) in [7, 11) is 0. The number of carbonyl (C=O) groups is 2. The largest absolute Gasteiger partial charge is 0.458 e. The van der Waals surface area contributed by atoms with Gasteiger partial charge in [0.25, 0.3) is 0 Å². The average molecular weight is 385 g/mol. The molecule has 0 unspecified atom stereocenters. The highest BCUT2D eigenvalue weighted by molar-refractivity contribution is 8.14. The van der Waals surface area contributed by atoms with E-state index in [0.29, 0.717) is 34.5 Å². The van der Waals surface area contributed by atoms with E-state index in [9.17, 15) is 9.59 Å². The Labute approximate surface area is 164 Å². The zero-order valence-electron chi connectivity index (χ0n) is 15.9. The van der Waals surface area contributed by atoms with Gasteiger partial charge in [0, 0.05) is 12.2 Å². The van der Waals surface area contributed by atoms with Crippen LogP contribution in [0.25, 0.3) is 0 Å². The lowest BCUT2D eigenvalue weighted by molar-refractivity contribution is -0.139. The fraction of sp³-hybridized carbons (Fsp3) is 0.381. The lowest BCUT2D eigenvalue weighted by Gasteiger charge is -2.39. The van der Waals surface area contributed by atoms with Gasteiger partial charge in [0.15, 0.2) is 5.17 Å². The maximum Gasteiger partial charge on any atom is 0.338 e. The second-order valence-electron chi connectivity index (χ2n) is 6.87. The van der Waals surface area contributed by atoms with Crippen LogP contribution in [0.5, 0.6) is 0 Å². The van der Waals surface area contributed by atoms with Gasteiger partial charge in [-0.05, 0) is 24.0 Å². The number of thioether (sulfide) groups is 1. The third-order valence-corrected chi connectivity index (χ3v) is 5.63. The highest BCUT2D eigenvalue weighted by atomic mass is 32.2. The maximum absolute atomic E-state index is 12.8. The summed E-state index contributed by atoms with van der Waals surface area (Å²) in [5.74, 6) is 0.629. The van der Waals surface area contributed by atoms with Crippen molar-refractivity contribution in [2.24, 2.45) is 4.99 Å². The van der Waals surface area contributed by atoms with E-state index in [1.54, 1.807) is 23.6 Å². The smallest absolute Gasteiger partial charge is 0.338 e. The number of rotatable bonds is 5. The summed E-state index contributed by atoms with van der Waals surface area (Å²) in [6.45, 7) is 9.77. The fourth-order valence-corrected chi connectivity index (χ4v) is 4.26. The monoisotopic (exact) mass is 384 g/mol. The van der Waals surface area contributed by atoms with Crippen LogP contribution < -0.4 is 0 Å². The molecule has 1 atom stereocenters. The minimum atomic E-state index is -0.517. The van der Waals surface area contributed by atoms with E-state index in [-0.39, 0.29) is 12.5 Å². The van der Waals surface area contributed by atoms with Crippen LogP contribution >= 0.6 is 11.8 Å². The number of hydrogen-bond donors (Lipinski definition) is 0. The molecule has 27 heavy (non-hydrogen) atoms. The number of allylic oxidation sites excluding steroid dienone is 1. The van der Waals surface area contributed by atoms with Gasteiger partial charge in [0.2, 0.25) is 5.91 Å². The lowest BCUT2D eigenvalue weighted by Crippen LogP contribution is -2.45. The summed E-state index contributed by atoms with van der Waals surface area (Å²) < 4.78 is 5.30. The molecular weight excluding hydrogens is 360 g/mol. The number of amides is 1. The summed E-state index contributed by atoms with van der Waals surface area (Å²) in [4.78, 5) is 31.7. The van der Waals surface area contributed by atoms with Crippen LogP contribution in [0.15, 0.2) is 53.2 Å². The average Bonchev–Trinajstić information content (AvgIpc) is 2.65. The number of esters is 1. The Balaban J connectivity index is 2.08. The van der Waals surface area contributed by atoms with Gasteiger partial charge in [-0.15, -0.1) is 0 Å². The molecule has 3 rings (SSSR count). The minimum Gasteiger partial charge on any atom is -0.458 e. The summed E-state index contributed by atoms with van der Waals surface area (Å²) in [5, 5.41) is 0.655. The summed E-state index contributed by atoms with van der Waals surface area (Å²) in [6, 6.07) is 7.56. The van der Waals surface area contributed by atoms with Crippen molar-refractivity contribution in [2.75, 3.05) is 12.4 Å². The number of aliphatic imine (C=N–C) groups is 1. The van der Waals surface area contributed by atoms with E-state index in [2.05, 4.69) is 37.6 Å². The minimum absolute atomic E-state index is 0.0213. The maximum atomic E-state index is 12.8. The topological polar surface area (TPSA) is 59.0 Å². The first-order chi connectivity index (χ1) is 12.9. The van der Waals surface area contributed by atoms with Crippen molar-refractivity contribution in [3.05, 3.63) is 59.3 Å². The molecule has 2 heterocycles. The molecule has 1 aromatic rings. The van der Waals surface area contributed by atoms with Gasteiger partial charge in [0.05, 0.1) is 17.3 Å². The van der Waals surface area contributed by atoms with E-state index in [4.69, 9.17) is 4.74 Å². The first-order valence-corrected chi connectivity index (χ1v) is 10.0. The van der Waals surface area contributed by atoms with Crippen molar-refractivity contribution >= 4 is 28.8 Å². The molecule has 2 aliphatic rings. The van der Waals surface area contributed by atoms with Crippen molar-refractivity contribution < 1.29 is 14.3 Å². The summed E-state index contributed by atoms with van der Waals surface area (Å²) in [5.41, 5.74) is 3.09. The Kier molecular flexibility index (Phi) is 5.85. The number of ether oxygens (including phenoxy) is 1. The number of nitrogens with zero attached hydrogens (tertiary/aromatic N) is 2. The van der Waals surface area contributed by atoms with Crippen LogP contribution in [-0.4, -0.2) is 34.3 Å². The lowest BCUT2D eigenvalue weighted by atomic mass is 9.92. The van der Waals surface area contributed by atoms with Gasteiger partial charge in [-0.2, -0.15) is 0 Å². The molecule has 0 saturated carbocycles. The fourth-order valence-electron chi connectivity index (χ4n) is 3.25. The van der Waals surface area contributed by atoms with Crippen molar-refractivity contribution in [2.45, 2.75) is 39.2 Å². The summed E-state index contributed by atoms with van der Waals surface area (Å²) in [6.07, 6.45) is 1.96. The highest BCUT2D eigenvalue weighted by Gasteiger charge is 2.41. The molecular formula is C21H24N2O3S. The van der Waals surface area contributed by atoms with Crippen LogP contribution in [0.4, 0.5) is 0 Å². The predicted octanol–water partition coefficient (Wildman–Crippen LogP) is 4.19. The number of fused-ring (bicyclic) bond motifs is 1. The van der Waals surface area contributed by atoms with Crippen LogP contribution in [0.3, 0.4) is 0 Å². The SMILES string of the molecule is C=CCOC(=O)C1=C(C)N=C2SCCC(=O)N2[C@H]1c1ccc(C(C)C)cc1. The highest BCUT2D eigenvalue weighted by Crippen LogP contribution is 2.40. The van der Waals surface area contributed by atoms with E-state index in [1.807, 2.05) is 12.1 Å². The Hall–Kier alpha value is -2.34. The molecule has 0 spiro atoms. The first kappa shape index (κ1) is 19.4. The van der Waals surface area contributed by atoms with Gasteiger partial charge in [-0.25, -0.2) is 9.79 Å². The molecule has 1 saturated heterocycles. The second kappa shape index (κ2) is 8.13. The Bertz CT molecular complexity index is 824. The van der Waals surface area contributed by atoms with E-state index in [0.717, 1.165) is 5.56 Å². The van der Waals surface area contributed by atoms with Crippen molar-refractivity contribution in [1.82, 2.24) is 4.90 Å². The predicted molar refractivity (Wildman–Crippen MR) is 108 cm³/mol. The third-order valence-electron chi connectivity index (χ3n) is 4.68. The van der Waals surface area contributed by atoms with Gasteiger partial charge in [-0.1, -0.05) is 62.5 Å². The first-order valence-electron chi connectivity index (χ1n) is 9.06. The number of carbonyl (C=O) groups excluding carboxylic acids is 2. The quantitative estimate of drug-likeness (QED) is 0.564. The molecule has 0 N–H and O–H groups in total. The van der Waals surface area contributed by atoms with Crippen LogP contribution in [0.1, 0.15) is 50.3 Å². The number of hydrogen-bond acceptors (Lipinski definition) is 5. The van der Waals surface area contributed by atoms with Crippen LogP contribution in [0.2, 0.25) is 0 Å². The standard InChI is InChI=1S/C21H24N2O3S/c1-5-11-26-20(25)18-14(4)22-21-23(17(24)10-12-27-21)19(18)16-8-6-15(7-9-16)13(2)3/h5-9,13,19H,1,10-12H2,2-4H3/t19-/m0/s1. The molecule has 1 aromatic carbocycles. The Morgan fingerprint density at radius 1 is 1.41 bits per heavy atom. The third kappa shape index (κ3) is 3.86. The van der Waals surface area contributed by atoms with Crippen molar-refractivity contribution in [3.8, 4) is 0 Å². The molecule has 2 aliphatic heterocycles. The van der Waals surface area contributed by atoms with E-state index in [1.165, 1.54) is 11.6 Å². The molecule has 1 fully saturated rings. The molecule has 1 amide bonds. The van der Waals surface area contributed by atoms with Gasteiger partial charge >= 0.3 is 5.97 Å². The van der Waals surface area contributed by atoms with E-state index >= 15 is 0 Å². The van der Waals surface area contributed by atoms with Gasteiger partial charge < -0.3 is 4.74 Å². The van der Waals surface area contributed by atoms with Gasteiger partial charge in [0.1, 0.15) is 6.61 Å². The van der Waals surface area contributed by atoms with Crippen LogP contribution in [-0.2, 0) is 14.3 Å². The van der Waals surface area contributed by atoms with Crippen molar-refractivity contribution in [3.63, 3.8) is 0 Å². The molecule has 0 aromatic heterocycles. The normalized spacial score (nSPS) is 19.7. The Morgan fingerprint density at radius 2 is 2.11 bits per heavy atom. The molecule has 0 bridgehead atoms. The zero-order chi connectivity index (χ0) is 19.6. The number of amidine groups is 1. The molecule has 0 radical (unpaired) electrons. The van der Waals surface area contributed by atoms with Crippen LogP contribution in [0, 0.1) is 0 Å². The zero-order valence-corrected chi connectivity index (χ0v) is 16.7. The summed E-state index contributed by atoms with van der Waals surface area (Å²) >= 11 is 1.55. The van der Waals surface area contributed by atoms with E-state index < -0.39 is 12.0 Å². The molecule has 0 aliphatic carbocycles. The van der Waals surface area contributed by atoms with Crippen molar-refractivity contribution in [1.29, 1.82) is 0 Å². The van der Waals surface area contributed by atoms with Gasteiger partial charge in [-0.3, -0.25) is 9.69 Å². The second-order valence-corrected chi connectivity index (χ2v) is 7.93. The molecule has 142 valence electrons. The molecule has 6 heteroatoms. The number of benzene rings is 1. The molecule has 5 nitrogen and oxygen atoms in total.